The lowest BCUT2D eigenvalue weighted by Gasteiger charge is -2.28. The van der Waals surface area contributed by atoms with E-state index in [-0.39, 0.29) is 6.03 Å². The Bertz CT molecular complexity index is 694. The van der Waals surface area contributed by atoms with Crippen LogP contribution in [0, 0.1) is 0 Å². The van der Waals surface area contributed by atoms with Crippen molar-refractivity contribution in [1.82, 2.24) is 5.32 Å². The van der Waals surface area contributed by atoms with Crippen molar-refractivity contribution >= 4 is 17.4 Å². The summed E-state index contributed by atoms with van der Waals surface area (Å²) in [5.41, 5.74) is 3.01. The Morgan fingerprint density at radius 1 is 1.08 bits per heavy atom. The number of nitrogens with zero attached hydrogens (tertiary/aromatic N) is 1. The van der Waals surface area contributed by atoms with Crippen LogP contribution >= 0.6 is 0 Å². The van der Waals surface area contributed by atoms with Crippen molar-refractivity contribution in [1.29, 1.82) is 0 Å². The highest BCUT2D eigenvalue weighted by Gasteiger charge is 2.10. The molecular weight excluding hydrogens is 314 g/mol. The molecule has 25 heavy (non-hydrogen) atoms. The number of amides is 2. The molecule has 1 heterocycles. The Kier molecular flexibility index (Phi) is 5.77. The SMILES string of the molecule is COc1cccc(CNC(=O)Nc2ccc(N3CCCCC3)cc2)c1. The van der Waals surface area contributed by atoms with Crippen LogP contribution in [0.5, 0.6) is 5.75 Å². The van der Waals surface area contributed by atoms with Crippen LogP contribution in [0.1, 0.15) is 24.8 Å². The van der Waals surface area contributed by atoms with Crippen LogP contribution in [0.3, 0.4) is 0 Å². The average molecular weight is 339 g/mol. The lowest BCUT2D eigenvalue weighted by Crippen LogP contribution is -2.29. The van der Waals surface area contributed by atoms with E-state index in [1.165, 1.54) is 24.9 Å². The van der Waals surface area contributed by atoms with Crippen molar-refractivity contribution in [3.8, 4) is 5.75 Å². The third-order valence-electron chi connectivity index (χ3n) is 4.43. The van der Waals surface area contributed by atoms with Gasteiger partial charge in [0.25, 0.3) is 0 Å². The predicted molar refractivity (Wildman–Crippen MR) is 101 cm³/mol. The van der Waals surface area contributed by atoms with Gasteiger partial charge in [-0.05, 0) is 61.2 Å². The summed E-state index contributed by atoms with van der Waals surface area (Å²) in [4.78, 5) is 14.5. The van der Waals surface area contributed by atoms with Crippen LogP contribution in [0.25, 0.3) is 0 Å². The van der Waals surface area contributed by atoms with Gasteiger partial charge in [0.05, 0.1) is 7.11 Å². The molecule has 2 aromatic carbocycles. The van der Waals surface area contributed by atoms with E-state index in [9.17, 15) is 4.79 Å². The van der Waals surface area contributed by atoms with Crippen LogP contribution in [-0.4, -0.2) is 26.2 Å². The van der Waals surface area contributed by atoms with E-state index in [2.05, 4.69) is 27.7 Å². The van der Waals surface area contributed by atoms with Gasteiger partial charge in [-0.15, -0.1) is 0 Å². The van der Waals surface area contributed by atoms with Gasteiger partial charge < -0.3 is 20.3 Å². The normalized spacial score (nSPS) is 14.0. The van der Waals surface area contributed by atoms with E-state index in [4.69, 9.17) is 4.74 Å². The van der Waals surface area contributed by atoms with Crippen molar-refractivity contribution < 1.29 is 9.53 Å². The Morgan fingerprint density at radius 3 is 2.56 bits per heavy atom. The molecule has 0 radical (unpaired) electrons. The quantitative estimate of drug-likeness (QED) is 0.865. The maximum Gasteiger partial charge on any atom is 0.319 e. The summed E-state index contributed by atoms with van der Waals surface area (Å²) in [5, 5.41) is 5.73. The van der Waals surface area contributed by atoms with Gasteiger partial charge in [0.1, 0.15) is 5.75 Å². The van der Waals surface area contributed by atoms with E-state index >= 15 is 0 Å². The third-order valence-corrected chi connectivity index (χ3v) is 4.43. The molecule has 2 amide bonds. The van der Waals surface area contributed by atoms with Crippen LogP contribution in [-0.2, 0) is 6.54 Å². The number of rotatable bonds is 5. The molecular formula is C20H25N3O2. The van der Waals surface area contributed by atoms with Crippen molar-refractivity contribution in [2.24, 2.45) is 0 Å². The summed E-state index contributed by atoms with van der Waals surface area (Å²) in [6.45, 7) is 2.69. The number of benzene rings is 2. The molecule has 3 rings (SSSR count). The lowest BCUT2D eigenvalue weighted by molar-refractivity contribution is 0.251. The van der Waals surface area contributed by atoms with Crippen LogP contribution in [0.2, 0.25) is 0 Å². The minimum absolute atomic E-state index is 0.214. The number of nitrogens with one attached hydrogen (secondary N) is 2. The first-order chi connectivity index (χ1) is 12.2. The minimum atomic E-state index is -0.214. The first kappa shape index (κ1) is 17.1. The highest BCUT2D eigenvalue weighted by atomic mass is 16.5. The highest BCUT2D eigenvalue weighted by molar-refractivity contribution is 5.89. The first-order valence-corrected chi connectivity index (χ1v) is 8.77. The molecule has 5 heteroatoms. The van der Waals surface area contributed by atoms with Gasteiger partial charge in [0, 0.05) is 31.0 Å². The molecule has 0 atom stereocenters. The number of ether oxygens (including phenoxy) is 1. The summed E-state index contributed by atoms with van der Waals surface area (Å²) in [5.74, 6) is 0.785. The summed E-state index contributed by atoms with van der Waals surface area (Å²) in [6.07, 6.45) is 3.84. The zero-order valence-corrected chi connectivity index (χ0v) is 14.6. The second-order valence-electron chi connectivity index (χ2n) is 6.25. The third kappa shape index (κ3) is 4.89. The number of anilines is 2. The molecule has 0 aliphatic carbocycles. The maximum absolute atomic E-state index is 12.1. The van der Waals surface area contributed by atoms with E-state index in [0.717, 1.165) is 30.1 Å². The standard InChI is InChI=1S/C20H25N3O2/c1-25-19-7-5-6-16(14-19)15-21-20(24)22-17-8-10-18(11-9-17)23-12-3-2-4-13-23/h5-11,14H,2-4,12-13,15H2,1H3,(H2,21,22,24). The number of hydrogen-bond acceptors (Lipinski definition) is 3. The monoisotopic (exact) mass is 339 g/mol. The van der Waals surface area contributed by atoms with E-state index < -0.39 is 0 Å². The van der Waals surface area contributed by atoms with Gasteiger partial charge in [-0.1, -0.05) is 12.1 Å². The molecule has 0 spiro atoms. The molecule has 1 fully saturated rings. The van der Waals surface area contributed by atoms with Crippen molar-refractivity contribution in [2.45, 2.75) is 25.8 Å². The average Bonchev–Trinajstić information content (AvgIpc) is 2.68. The van der Waals surface area contributed by atoms with Gasteiger partial charge in [0.2, 0.25) is 0 Å². The second kappa shape index (κ2) is 8.42. The zero-order chi connectivity index (χ0) is 17.5. The van der Waals surface area contributed by atoms with Gasteiger partial charge >= 0.3 is 6.03 Å². The minimum Gasteiger partial charge on any atom is -0.497 e. The van der Waals surface area contributed by atoms with Gasteiger partial charge in [-0.3, -0.25) is 0 Å². The van der Waals surface area contributed by atoms with E-state index in [1.54, 1.807) is 7.11 Å². The van der Waals surface area contributed by atoms with Crippen molar-refractivity contribution in [3.63, 3.8) is 0 Å². The predicted octanol–water partition coefficient (Wildman–Crippen LogP) is 4.01. The molecule has 1 saturated heterocycles. The molecule has 0 saturated carbocycles. The summed E-state index contributed by atoms with van der Waals surface area (Å²) < 4.78 is 5.19. The Balaban J connectivity index is 1.50. The van der Waals surface area contributed by atoms with Crippen molar-refractivity contribution in [3.05, 3.63) is 54.1 Å². The summed E-state index contributed by atoms with van der Waals surface area (Å²) in [6, 6.07) is 15.5. The number of methoxy groups -OCH3 is 1. The molecule has 5 nitrogen and oxygen atoms in total. The second-order valence-corrected chi connectivity index (χ2v) is 6.25. The first-order valence-electron chi connectivity index (χ1n) is 8.77. The van der Waals surface area contributed by atoms with Gasteiger partial charge in [0.15, 0.2) is 0 Å². The fourth-order valence-corrected chi connectivity index (χ4v) is 3.05. The molecule has 1 aliphatic heterocycles. The molecule has 1 aliphatic rings. The molecule has 2 N–H and O–H groups in total. The fourth-order valence-electron chi connectivity index (χ4n) is 3.05. The summed E-state index contributed by atoms with van der Waals surface area (Å²) >= 11 is 0. The Morgan fingerprint density at radius 2 is 1.84 bits per heavy atom. The number of piperidine rings is 1. The Hall–Kier alpha value is -2.69. The number of hydrogen-bond donors (Lipinski definition) is 2. The van der Waals surface area contributed by atoms with Crippen LogP contribution in [0.15, 0.2) is 48.5 Å². The molecule has 0 unspecified atom stereocenters. The topological polar surface area (TPSA) is 53.6 Å². The highest BCUT2D eigenvalue weighted by Crippen LogP contribution is 2.21. The zero-order valence-electron chi connectivity index (χ0n) is 14.6. The van der Waals surface area contributed by atoms with Gasteiger partial charge in [-0.25, -0.2) is 4.79 Å². The molecule has 132 valence electrons. The van der Waals surface area contributed by atoms with Crippen LogP contribution in [0.4, 0.5) is 16.2 Å². The van der Waals surface area contributed by atoms with Crippen LogP contribution < -0.4 is 20.3 Å². The fraction of sp³-hybridized carbons (Fsp3) is 0.350. The largest absolute Gasteiger partial charge is 0.497 e. The smallest absolute Gasteiger partial charge is 0.319 e. The molecule has 0 bridgehead atoms. The van der Waals surface area contributed by atoms with Crippen molar-refractivity contribution in [2.75, 3.05) is 30.4 Å². The number of carbonyl (C=O) groups excluding carboxylic acids is 1. The molecule has 0 aromatic heterocycles. The van der Waals surface area contributed by atoms with E-state index in [0.29, 0.717) is 6.54 Å². The van der Waals surface area contributed by atoms with E-state index in [1.807, 2.05) is 36.4 Å². The summed E-state index contributed by atoms with van der Waals surface area (Å²) in [7, 11) is 1.63. The number of carbonyl (C=O) groups is 1. The number of urea groups is 1. The van der Waals surface area contributed by atoms with Gasteiger partial charge in [-0.2, -0.15) is 0 Å². The Labute approximate surface area is 149 Å². The molecule has 2 aromatic rings. The lowest BCUT2D eigenvalue weighted by atomic mass is 10.1. The maximum atomic E-state index is 12.1.